The zero-order valence-electron chi connectivity index (χ0n) is 12.5. The normalized spacial score (nSPS) is 18.6. The first-order chi connectivity index (χ1) is 10.8. The van der Waals surface area contributed by atoms with Crippen LogP contribution in [0.3, 0.4) is 0 Å². The highest BCUT2D eigenvalue weighted by molar-refractivity contribution is 8.00. The molecule has 5 nitrogen and oxygen atoms in total. The number of nitrogens with one attached hydrogen (secondary N) is 1. The van der Waals surface area contributed by atoms with Crippen LogP contribution in [0.4, 0.5) is 0 Å². The van der Waals surface area contributed by atoms with E-state index < -0.39 is 0 Å². The van der Waals surface area contributed by atoms with Crippen LogP contribution < -0.4 is 10.1 Å². The third-order valence-electron chi connectivity index (χ3n) is 3.67. The summed E-state index contributed by atoms with van der Waals surface area (Å²) >= 11 is 1.53. The van der Waals surface area contributed by atoms with Crippen LogP contribution in [0.5, 0.6) is 5.75 Å². The number of methoxy groups -OCH3 is 1. The molecule has 0 bridgehead atoms. The summed E-state index contributed by atoms with van der Waals surface area (Å²) in [6.45, 7) is 0.778. The molecular weight excluding hydrogens is 298 g/mol. The molecule has 1 aliphatic rings. The smallest absolute Gasteiger partial charge is 0.233 e. The van der Waals surface area contributed by atoms with Crippen LogP contribution in [0, 0.1) is 0 Å². The average molecular weight is 317 g/mol. The predicted molar refractivity (Wildman–Crippen MR) is 86.6 cm³/mol. The summed E-state index contributed by atoms with van der Waals surface area (Å²) in [6.07, 6.45) is 6.67. The number of hydrogen-bond acceptors (Lipinski definition) is 4. The molecule has 0 unspecified atom stereocenters. The van der Waals surface area contributed by atoms with Crippen molar-refractivity contribution in [1.29, 1.82) is 0 Å². The highest BCUT2D eigenvalue weighted by Crippen LogP contribution is 2.29. The number of benzene rings is 1. The summed E-state index contributed by atoms with van der Waals surface area (Å²) in [5, 5.41) is 3.72. The predicted octanol–water partition coefficient (Wildman–Crippen LogP) is 2.64. The van der Waals surface area contributed by atoms with Crippen LogP contribution in [0.25, 0.3) is 5.69 Å². The molecule has 116 valence electrons. The highest BCUT2D eigenvalue weighted by Gasteiger charge is 2.23. The molecule has 1 aliphatic heterocycles. The fraction of sp³-hybridized carbons (Fsp3) is 0.375. The monoisotopic (exact) mass is 317 g/mol. The third kappa shape index (κ3) is 3.27. The SMILES string of the molecule is COc1cccc(-n2ccnc2S[C@H]2CCCCNC2=O)c1. The van der Waals surface area contributed by atoms with E-state index in [1.54, 1.807) is 13.3 Å². The van der Waals surface area contributed by atoms with Gasteiger partial charge in [0, 0.05) is 25.0 Å². The molecule has 0 spiro atoms. The van der Waals surface area contributed by atoms with Crippen molar-refractivity contribution in [3.63, 3.8) is 0 Å². The van der Waals surface area contributed by atoms with Gasteiger partial charge in [0.15, 0.2) is 5.16 Å². The van der Waals surface area contributed by atoms with Crippen LogP contribution in [-0.4, -0.2) is 34.4 Å². The number of amides is 1. The largest absolute Gasteiger partial charge is 0.497 e. The maximum atomic E-state index is 12.1. The Morgan fingerprint density at radius 1 is 1.41 bits per heavy atom. The number of ether oxygens (including phenoxy) is 1. The van der Waals surface area contributed by atoms with Crippen molar-refractivity contribution >= 4 is 17.7 Å². The second kappa shape index (κ2) is 6.87. The first-order valence-electron chi connectivity index (χ1n) is 7.40. The Balaban J connectivity index is 1.83. The molecule has 1 fully saturated rings. The second-order valence-corrected chi connectivity index (χ2v) is 6.34. The number of aromatic nitrogens is 2. The van der Waals surface area contributed by atoms with Crippen molar-refractivity contribution in [3.05, 3.63) is 36.7 Å². The molecule has 2 aromatic rings. The number of carbonyl (C=O) groups is 1. The fourth-order valence-corrected chi connectivity index (χ4v) is 3.62. The third-order valence-corrected chi connectivity index (χ3v) is 4.92. The van der Waals surface area contributed by atoms with Crippen LogP contribution in [-0.2, 0) is 4.79 Å². The van der Waals surface area contributed by atoms with Crippen LogP contribution in [0.2, 0.25) is 0 Å². The van der Waals surface area contributed by atoms with Gasteiger partial charge in [-0.3, -0.25) is 9.36 Å². The Kier molecular flexibility index (Phi) is 4.68. The molecule has 0 radical (unpaired) electrons. The molecule has 1 saturated heterocycles. The van der Waals surface area contributed by atoms with E-state index in [0.717, 1.165) is 42.4 Å². The van der Waals surface area contributed by atoms with Gasteiger partial charge in [0.1, 0.15) is 5.75 Å². The Morgan fingerprint density at radius 2 is 2.32 bits per heavy atom. The van der Waals surface area contributed by atoms with Gasteiger partial charge in [0.25, 0.3) is 0 Å². The lowest BCUT2D eigenvalue weighted by atomic mass is 10.2. The Hall–Kier alpha value is -1.95. The number of nitrogens with zero attached hydrogens (tertiary/aromatic N) is 2. The van der Waals surface area contributed by atoms with E-state index in [0.29, 0.717) is 0 Å². The molecule has 3 rings (SSSR count). The van der Waals surface area contributed by atoms with Crippen molar-refractivity contribution in [2.45, 2.75) is 29.7 Å². The second-order valence-electron chi connectivity index (χ2n) is 5.17. The Labute approximate surface area is 134 Å². The molecule has 1 aromatic carbocycles. The minimum absolute atomic E-state index is 0.0748. The Bertz CT molecular complexity index is 656. The zero-order chi connectivity index (χ0) is 15.4. The van der Waals surface area contributed by atoms with Crippen molar-refractivity contribution < 1.29 is 9.53 Å². The first-order valence-corrected chi connectivity index (χ1v) is 8.28. The molecule has 2 heterocycles. The van der Waals surface area contributed by atoms with Gasteiger partial charge in [-0.1, -0.05) is 24.2 Å². The van der Waals surface area contributed by atoms with E-state index in [4.69, 9.17) is 4.74 Å². The van der Waals surface area contributed by atoms with Crippen molar-refractivity contribution in [2.24, 2.45) is 0 Å². The van der Waals surface area contributed by atoms with Gasteiger partial charge in [-0.25, -0.2) is 4.98 Å². The summed E-state index contributed by atoms with van der Waals surface area (Å²) < 4.78 is 7.26. The van der Waals surface area contributed by atoms with E-state index in [1.807, 2.05) is 35.0 Å². The molecule has 6 heteroatoms. The summed E-state index contributed by atoms with van der Waals surface area (Å²) in [4.78, 5) is 16.5. The molecule has 22 heavy (non-hydrogen) atoms. The summed E-state index contributed by atoms with van der Waals surface area (Å²) in [7, 11) is 1.65. The van der Waals surface area contributed by atoms with Crippen LogP contribution in [0.15, 0.2) is 41.8 Å². The highest BCUT2D eigenvalue weighted by atomic mass is 32.2. The van der Waals surface area contributed by atoms with Crippen LogP contribution >= 0.6 is 11.8 Å². The molecule has 1 atom stereocenters. The lowest BCUT2D eigenvalue weighted by Gasteiger charge is -2.14. The topological polar surface area (TPSA) is 56.1 Å². The van der Waals surface area contributed by atoms with Gasteiger partial charge in [-0.2, -0.15) is 0 Å². The van der Waals surface area contributed by atoms with E-state index in [-0.39, 0.29) is 11.2 Å². The van der Waals surface area contributed by atoms with Gasteiger partial charge < -0.3 is 10.1 Å². The van der Waals surface area contributed by atoms with E-state index >= 15 is 0 Å². The summed E-state index contributed by atoms with van der Waals surface area (Å²) in [5.74, 6) is 0.914. The van der Waals surface area contributed by atoms with Gasteiger partial charge >= 0.3 is 0 Å². The summed E-state index contributed by atoms with van der Waals surface area (Å²) in [6, 6.07) is 7.81. The standard InChI is InChI=1S/C16H19N3O2S/c1-21-13-6-4-5-12(11-13)19-10-9-18-16(19)22-14-7-2-3-8-17-15(14)20/h4-6,9-11,14H,2-3,7-8H2,1H3,(H,17,20)/t14-/m0/s1. The van der Waals surface area contributed by atoms with Crippen LogP contribution in [0.1, 0.15) is 19.3 Å². The zero-order valence-corrected chi connectivity index (χ0v) is 13.3. The van der Waals surface area contributed by atoms with E-state index in [2.05, 4.69) is 10.3 Å². The fourth-order valence-electron chi connectivity index (χ4n) is 2.48. The van der Waals surface area contributed by atoms with Crippen molar-refractivity contribution in [1.82, 2.24) is 14.9 Å². The maximum absolute atomic E-state index is 12.1. The lowest BCUT2D eigenvalue weighted by molar-refractivity contribution is -0.120. The van der Waals surface area contributed by atoms with Gasteiger partial charge in [0.2, 0.25) is 5.91 Å². The van der Waals surface area contributed by atoms with Gasteiger partial charge in [-0.05, 0) is 25.0 Å². The molecule has 1 N–H and O–H groups in total. The molecular formula is C16H19N3O2S. The molecule has 0 aliphatic carbocycles. The van der Waals surface area contributed by atoms with Gasteiger partial charge in [0.05, 0.1) is 18.0 Å². The number of hydrogen-bond donors (Lipinski definition) is 1. The first kappa shape index (κ1) is 15.0. The number of thioether (sulfide) groups is 1. The molecule has 1 aromatic heterocycles. The van der Waals surface area contributed by atoms with Gasteiger partial charge in [-0.15, -0.1) is 0 Å². The molecule has 0 saturated carbocycles. The minimum Gasteiger partial charge on any atom is -0.497 e. The van der Waals surface area contributed by atoms with Crippen molar-refractivity contribution in [3.8, 4) is 11.4 Å². The van der Waals surface area contributed by atoms with E-state index in [9.17, 15) is 4.79 Å². The molecule has 1 amide bonds. The summed E-state index contributed by atoms with van der Waals surface area (Å²) in [5.41, 5.74) is 0.980. The van der Waals surface area contributed by atoms with Crippen molar-refractivity contribution in [2.75, 3.05) is 13.7 Å². The average Bonchev–Trinajstić information content (AvgIpc) is 2.92. The maximum Gasteiger partial charge on any atom is 0.233 e. The van der Waals surface area contributed by atoms with E-state index in [1.165, 1.54) is 11.8 Å². The number of carbonyl (C=O) groups excluding carboxylic acids is 1. The number of imidazole rings is 1. The Morgan fingerprint density at radius 3 is 3.18 bits per heavy atom. The number of rotatable bonds is 4. The quantitative estimate of drug-likeness (QED) is 0.942. The lowest BCUT2D eigenvalue weighted by Crippen LogP contribution is -2.30. The minimum atomic E-state index is -0.0748.